The van der Waals surface area contributed by atoms with Gasteiger partial charge in [0.1, 0.15) is 6.04 Å². The van der Waals surface area contributed by atoms with E-state index in [0.717, 1.165) is 13.2 Å². The van der Waals surface area contributed by atoms with Crippen LogP contribution in [0.25, 0.3) is 0 Å². The highest BCUT2D eigenvalue weighted by Crippen LogP contribution is 2.54. The summed E-state index contributed by atoms with van der Waals surface area (Å²) < 4.78 is 16.5. The topological polar surface area (TPSA) is 153 Å². The summed E-state index contributed by atoms with van der Waals surface area (Å²) in [6.07, 6.45) is -0.584. The zero-order valence-electron chi connectivity index (χ0n) is 11.8. The van der Waals surface area contributed by atoms with E-state index in [0.29, 0.717) is 0 Å². The van der Waals surface area contributed by atoms with E-state index in [1.54, 1.807) is 0 Å². The third kappa shape index (κ3) is 4.60. The molecule has 0 heterocycles. The standard InChI is InChI=1S/C12H17N2O7P/c1-21-11(15)10(13)5-6-22(19,20)12(16)8-3-2-4-9(7-8)14(17)18/h2-4,7,10,12,16H,5-6,13H2,1H3,(H,19,20)/t10-,12+/m0/s1. The van der Waals surface area contributed by atoms with Gasteiger partial charge < -0.3 is 20.5 Å². The molecule has 3 atom stereocenters. The lowest BCUT2D eigenvalue weighted by molar-refractivity contribution is -0.384. The van der Waals surface area contributed by atoms with Crippen molar-refractivity contribution in [1.29, 1.82) is 0 Å². The van der Waals surface area contributed by atoms with Crippen molar-refractivity contribution in [1.82, 2.24) is 0 Å². The molecule has 0 fully saturated rings. The van der Waals surface area contributed by atoms with Crippen molar-refractivity contribution in [2.24, 2.45) is 5.73 Å². The molecule has 0 spiro atoms. The molecular formula is C12H17N2O7P. The molecule has 0 aliphatic heterocycles. The molecule has 1 aromatic rings. The first kappa shape index (κ1) is 18.2. The number of hydrogen-bond donors (Lipinski definition) is 3. The third-order valence-corrected chi connectivity index (χ3v) is 4.99. The van der Waals surface area contributed by atoms with Crippen molar-refractivity contribution in [2.75, 3.05) is 13.3 Å². The van der Waals surface area contributed by atoms with Crippen LogP contribution >= 0.6 is 7.37 Å². The number of carbonyl (C=O) groups excluding carboxylic acids is 1. The van der Waals surface area contributed by atoms with E-state index in [2.05, 4.69) is 4.74 Å². The van der Waals surface area contributed by atoms with E-state index in [1.165, 1.54) is 18.2 Å². The van der Waals surface area contributed by atoms with Gasteiger partial charge in [0, 0.05) is 18.3 Å². The van der Waals surface area contributed by atoms with Gasteiger partial charge in [-0.25, -0.2) is 0 Å². The van der Waals surface area contributed by atoms with Crippen LogP contribution in [0.4, 0.5) is 5.69 Å². The number of benzene rings is 1. The Kier molecular flexibility index (Phi) is 6.19. The molecule has 4 N–H and O–H groups in total. The molecule has 0 aromatic heterocycles. The molecule has 9 nitrogen and oxygen atoms in total. The molecule has 1 rings (SSSR count). The SMILES string of the molecule is COC(=O)[C@@H](N)CCP(=O)(O)[C@@H](O)c1cccc([N+](=O)[O-])c1. The maximum absolute atomic E-state index is 12.1. The Morgan fingerprint density at radius 2 is 2.18 bits per heavy atom. The second-order valence-electron chi connectivity index (χ2n) is 4.62. The summed E-state index contributed by atoms with van der Waals surface area (Å²) in [5.74, 6) is -2.53. The van der Waals surface area contributed by atoms with Gasteiger partial charge in [0.2, 0.25) is 7.37 Å². The Morgan fingerprint density at radius 1 is 1.55 bits per heavy atom. The van der Waals surface area contributed by atoms with Crippen LogP contribution in [0.15, 0.2) is 24.3 Å². The summed E-state index contributed by atoms with van der Waals surface area (Å²) in [5.41, 5.74) is 5.11. The minimum atomic E-state index is -4.11. The van der Waals surface area contributed by atoms with E-state index < -0.39 is 36.3 Å². The zero-order chi connectivity index (χ0) is 16.9. The molecule has 0 aliphatic rings. The number of hydrogen-bond acceptors (Lipinski definition) is 7. The number of aliphatic hydroxyl groups excluding tert-OH is 1. The molecule has 0 bridgehead atoms. The van der Waals surface area contributed by atoms with Crippen LogP contribution in [-0.2, 0) is 14.1 Å². The second-order valence-corrected chi connectivity index (χ2v) is 7.07. The molecule has 0 saturated carbocycles. The quantitative estimate of drug-likeness (QED) is 0.286. The molecule has 122 valence electrons. The number of nitrogens with two attached hydrogens (primary N) is 1. The molecule has 0 saturated heterocycles. The number of nitrogens with zero attached hydrogens (tertiary/aromatic N) is 1. The fourth-order valence-electron chi connectivity index (χ4n) is 1.75. The number of nitro groups is 1. The Bertz CT molecular complexity index is 607. The molecule has 10 heteroatoms. The number of nitro benzene ring substituents is 1. The summed E-state index contributed by atoms with van der Waals surface area (Å²) in [5, 5.41) is 20.6. The van der Waals surface area contributed by atoms with Gasteiger partial charge in [-0.3, -0.25) is 19.5 Å². The Hall–Kier alpha value is -1.80. The van der Waals surface area contributed by atoms with Gasteiger partial charge in [-0.15, -0.1) is 0 Å². The molecule has 1 aromatic carbocycles. The molecule has 1 unspecified atom stereocenters. The Morgan fingerprint density at radius 3 is 2.73 bits per heavy atom. The zero-order valence-corrected chi connectivity index (χ0v) is 12.7. The van der Waals surface area contributed by atoms with E-state index in [1.807, 2.05) is 0 Å². The Balaban J connectivity index is 2.84. The molecular weight excluding hydrogens is 315 g/mol. The summed E-state index contributed by atoms with van der Waals surface area (Å²) in [6, 6.07) is 3.75. The number of rotatable bonds is 7. The minimum absolute atomic E-state index is 0.0494. The lowest BCUT2D eigenvalue weighted by Crippen LogP contribution is -2.32. The maximum atomic E-state index is 12.1. The fraction of sp³-hybridized carbons (Fsp3) is 0.417. The highest BCUT2D eigenvalue weighted by Gasteiger charge is 2.32. The van der Waals surface area contributed by atoms with Gasteiger partial charge in [-0.1, -0.05) is 12.1 Å². The molecule has 22 heavy (non-hydrogen) atoms. The number of carbonyl (C=O) groups is 1. The minimum Gasteiger partial charge on any atom is -0.468 e. The normalized spacial score (nSPS) is 16.4. The summed E-state index contributed by atoms with van der Waals surface area (Å²) >= 11 is 0. The van der Waals surface area contributed by atoms with Gasteiger partial charge >= 0.3 is 5.97 Å². The third-order valence-electron chi connectivity index (χ3n) is 3.03. The molecule has 0 amide bonds. The first-order valence-electron chi connectivity index (χ1n) is 6.26. The number of non-ortho nitro benzene ring substituents is 1. The summed E-state index contributed by atoms with van der Waals surface area (Å²) in [7, 11) is -2.98. The predicted octanol–water partition coefficient (Wildman–Crippen LogP) is 0.746. The smallest absolute Gasteiger partial charge is 0.322 e. The monoisotopic (exact) mass is 332 g/mol. The van der Waals surface area contributed by atoms with Crippen molar-refractivity contribution in [3.8, 4) is 0 Å². The van der Waals surface area contributed by atoms with Gasteiger partial charge in [0.05, 0.1) is 12.0 Å². The summed E-state index contributed by atoms with van der Waals surface area (Å²) in [4.78, 5) is 31.0. The van der Waals surface area contributed by atoms with Crippen LogP contribution in [0.2, 0.25) is 0 Å². The first-order valence-corrected chi connectivity index (χ1v) is 8.17. The van der Waals surface area contributed by atoms with Crippen LogP contribution in [-0.4, -0.2) is 40.2 Å². The number of aliphatic hydroxyl groups is 1. The highest BCUT2D eigenvalue weighted by atomic mass is 31.2. The van der Waals surface area contributed by atoms with Crippen molar-refractivity contribution < 1.29 is 29.0 Å². The second kappa shape index (κ2) is 7.46. The number of ether oxygens (including phenoxy) is 1. The highest BCUT2D eigenvalue weighted by molar-refractivity contribution is 7.58. The van der Waals surface area contributed by atoms with Gasteiger partial charge in [-0.2, -0.15) is 0 Å². The average Bonchev–Trinajstić information content (AvgIpc) is 2.51. The maximum Gasteiger partial charge on any atom is 0.322 e. The van der Waals surface area contributed by atoms with Gasteiger partial charge in [-0.05, 0) is 12.0 Å². The number of esters is 1. The van der Waals surface area contributed by atoms with Crippen LogP contribution in [0.5, 0.6) is 0 Å². The van der Waals surface area contributed by atoms with E-state index in [4.69, 9.17) is 5.73 Å². The summed E-state index contributed by atoms with van der Waals surface area (Å²) in [6.45, 7) is 0. The first-order chi connectivity index (χ1) is 10.2. The van der Waals surface area contributed by atoms with E-state index in [-0.39, 0.29) is 17.7 Å². The van der Waals surface area contributed by atoms with E-state index in [9.17, 15) is 29.5 Å². The van der Waals surface area contributed by atoms with Gasteiger partial charge in [0.15, 0.2) is 5.85 Å². The van der Waals surface area contributed by atoms with Crippen LogP contribution < -0.4 is 5.73 Å². The molecule has 0 radical (unpaired) electrons. The lowest BCUT2D eigenvalue weighted by atomic mass is 10.2. The average molecular weight is 332 g/mol. The van der Waals surface area contributed by atoms with E-state index >= 15 is 0 Å². The molecule has 0 aliphatic carbocycles. The van der Waals surface area contributed by atoms with Crippen molar-refractivity contribution >= 4 is 19.0 Å². The largest absolute Gasteiger partial charge is 0.468 e. The van der Waals surface area contributed by atoms with Crippen molar-refractivity contribution in [2.45, 2.75) is 18.3 Å². The van der Waals surface area contributed by atoms with Crippen LogP contribution in [0.1, 0.15) is 17.8 Å². The fourth-order valence-corrected chi connectivity index (χ4v) is 3.27. The number of methoxy groups -OCH3 is 1. The van der Waals surface area contributed by atoms with Crippen LogP contribution in [0, 0.1) is 10.1 Å². The van der Waals surface area contributed by atoms with Crippen molar-refractivity contribution in [3.63, 3.8) is 0 Å². The van der Waals surface area contributed by atoms with Crippen molar-refractivity contribution in [3.05, 3.63) is 39.9 Å². The van der Waals surface area contributed by atoms with Gasteiger partial charge in [0.25, 0.3) is 5.69 Å². The predicted molar refractivity (Wildman–Crippen MR) is 77.4 cm³/mol. The lowest BCUT2D eigenvalue weighted by Gasteiger charge is -2.19. The Labute approximate surface area is 126 Å². The van der Waals surface area contributed by atoms with Crippen LogP contribution in [0.3, 0.4) is 0 Å².